The molecule has 2 rings (SSSR count). The Kier molecular flexibility index (Phi) is 8.04. The Balaban J connectivity index is 0.00000288. The molecule has 0 aromatic heterocycles. The molecule has 0 atom stereocenters. The Labute approximate surface area is 161 Å². The van der Waals surface area contributed by atoms with Gasteiger partial charge in [0, 0.05) is 12.2 Å². The second kappa shape index (κ2) is 9.52. The largest absolute Gasteiger partial charge is 0.496 e. The molecule has 5 heteroatoms. The molecule has 0 aliphatic heterocycles. The van der Waals surface area contributed by atoms with Crippen LogP contribution in [0.4, 0.5) is 5.69 Å². The average molecular weight is 439 g/mol. The molecular weight excluding hydrogens is 413 g/mol. The van der Waals surface area contributed by atoms with Crippen molar-refractivity contribution in [1.82, 2.24) is 0 Å². The lowest BCUT2D eigenvalue weighted by Crippen LogP contribution is -2.23. The number of nitrogens with one attached hydrogen (secondary N) is 1. The number of hydrogen-bond acceptors (Lipinski definition) is 2. The van der Waals surface area contributed by atoms with E-state index in [-0.39, 0.29) is 24.0 Å². The fraction of sp³-hybridized carbons (Fsp3) is 0.316. The van der Waals surface area contributed by atoms with Crippen molar-refractivity contribution in [1.29, 1.82) is 0 Å². The molecule has 0 amide bonds. The van der Waals surface area contributed by atoms with Crippen LogP contribution in [0.25, 0.3) is 0 Å². The van der Waals surface area contributed by atoms with E-state index in [2.05, 4.69) is 55.3 Å². The lowest BCUT2D eigenvalue weighted by atomic mass is 10.1. The van der Waals surface area contributed by atoms with Crippen LogP contribution in [0.1, 0.15) is 22.3 Å². The minimum Gasteiger partial charge on any atom is -0.496 e. The molecule has 0 radical (unpaired) electrons. The number of halogens is 1. The molecule has 0 aliphatic carbocycles. The molecule has 0 spiro atoms. The van der Waals surface area contributed by atoms with E-state index in [1.807, 2.05) is 12.1 Å². The molecule has 2 aromatic carbocycles. The zero-order chi connectivity index (χ0) is 16.8. The van der Waals surface area contributed by atoms with Crippen LogP contribution in [0.15, 0.2) is 41.4 Å². The highest BCUT2D eigenvalue weighted by atomic mass is 127. The number of nitrogens with two attached hydrogens (primary N) is 1. The van der Waals surface area contributed by atoms with E-state index in [4.69, 9.17) is 10.5 Å². The molecule has 4 nitrogen and oxygen atoms in total. The second-order valence-electron chi connectivity index (χ2n) is 5.83. The van der Waals surface area contributed by atoms with Gasteiger partial charge in [-0.3, -0.25) is 4.99 Å². The number of guanidine groups is 1. The van der Waals surface area contributed by atoms with Gasteiger partial charge in [0.2, 0.25) is 0 Å². The molecule has 2 aromatic rings. The summed E-state index contributed by atoms with van der Waals surface area (Å²) in [6, 6.07) is 12.4. The minimum absolute atomic E-state index is 0. The van der Waals surface area contributed by atoms with Crippen LogP contribution < -0.4 is 15.8 Å². The number of nitrogens with zero attached hydrogens (tertiary/aromatic N) is 1. The first-order valence-corrected chi connectivity index (χ1v) is 7.76. The topological polar surface area (TPSA) is 59.6 Å². The van der Waals surface area contributed by atoms with E-state index in [0.717, 1.165) is 23.4 Å². The van der Waals surface area contributed by atoms with E-state index in [1.165, 1.54) is 16.7 Å². The van der Waals surface area contributed by atoms with Crippen LogP contribution in [0, 0.1) is 20.8 Å². The second-order valence-corrected chi connectivity index (χ2v) is 5.83. The highest BCUT2D eigenvalue weighted by Crippen LogP contribution is 2.20. The van der Waals surface area contributed by atoms with Gasteiger partial charge in [0.15, 0.2) is 5.96 Å². The number of aliphatic imine (C=N–C) groups is 1. The monoisotopic (exact) mass is 439 g/mol. The van der Waals surface area contributed by atoms with Crippen molar-refractivity contribution in [2.24, 2.45) is 10.7 Å². The number of methoxy groups -OCH3 is 1. The summed E-state index contributed by atoms with van der Waals surface area (Å²) in [5, 5.41) is 3.15. The molecule has 0 unspecified atom stereocenters. The Hall–Kier alpha value is -1.76. The Morgan fingerprint density at radius 2 is 1.71 bits per heavy atom. The number of benzene rings is 2. The van der Waals surface area contributed by atoms with Gasteiger partial charge in [-0.05, 0) is 62.1 Å². The summed E-state index contributed by atoms with van der Waals surface area (Å²) in [6.45, 7) is 6.82. The SMILES string of the molecule is COc1ccc(C)cc1CCN=C(N)Nc1cc(C)cc(C)c1.I. The quantitative estimate of drug-likeness (QED) is 0.417. The summed E-state index contributed by atoms with van der Waals surface area (Å²) < 4.78 is 5.38. The molecule has 24 heavy (non-hydrogen) atoms. The first-order chi connectivity index (χ1) is 11.0. The van der Waals surface area contributed by atoms with Crippen molar-refractivity contribution < 1.29 is 4.74 Å². The third-order valence-electron chi connectivity index (χ3n) is 3.59. The number of hydrogen-bond donors (Lipinski definition) is 2. The normalized spacial score (nSPS) is 10.9. The number of anilines is 1. The summed E-state index contributed by atoms with van der Waals surface area (Å²) in [5.74, 6) is 1.33. The first-order valence-electron chi connectivity index (χ1n) is 7.76. The minimum atomic E-state index is 0. The zero-order valence-electron chi connectivity index (χ0n) is 14.7. The number of aryl methyl sites for hydroxylation is 3. The molecule has 0 bridgehead atoms. The summed E-state index contributed by atoms with van der Waals surface area (Å²) >= 11 is 0. The maximum atomic E-state index is 5.98. The van der Waals surface area contributed by atoms with Gasteiger partial charge in [-0.25, -0.2) is 0 Å². The van der Waals surface area contributed by atoms with E-state index >= 15 is 0 Å². The zero-order valence-corrected chi connectivity index (χ0v) is 17.0. The standard InChI is InChI=1S/C19H25N3O.HI/c1-13-5-6-18(23-4)16(10-13)7-8-21-19(20)22-17-11-14(2)9-15(3)12-17;/h5-6,9-12H,7-8H2,1-4H3,(H3,20,21,22);1H. The van der Waals surface area contributed by atoms with Gasteiger partial charge in [0.1, 0.15) is 5.75 Å². The van der Waals surface area contributed by atoms with Crippen molar-refractivity contribution in [3.05, 3.63) is 58.7 Å². The van der Waals surface area contributed by atoms with E-state index in [1.54, 1.807) is 7.11 Å². The predicted octanol–water partition coefficient (Wildman–Crippen LogP) is 4.21. The Bertz CT molecular complexity index is 694. The molecule has 0 saturated carbocycles. The molecule has 3 N–H and O–H groups in total. The highest BCUT2D eigenvalue weighted by molar-refractivity contribution is 14.0. The third kappa shape index (κ3) is 6.03. The average Bonchev–Trinajstić information content (AvgIpc) is 2.46. The van der Waals surface area contributed by atoms with E-state index < -0.39 is 0 Å². The molecule has 0 fully saturated rings. The summed E-state index contributed by atoms with van der Waals surface area (Å²) in [6.07, 6.45) is 0.792. The molecular formula is C19H26IN3O. The van der Waals surface area contributed by atoms with Gasteiger partial charge in [-0.1, -0.05) is 23.8 Å². The van der Waals surface area contributed by atoms with Crippen LogP contribution >= 0.6 is 24.0 Å². The van der Waals surface area contributed by atoms with Gasteiger partial charge in [-0.2, -0.15) is 0 Å². The molecule has 0 heterocycles. The van der Waals surface area contributed by atoms with E-state index in [9.17, 15) is 0 Å². The van der Waals surface area contributed by atoms with E-state index in [0.29, 0.717) is 12.5 Å². The lowest BCUT2D eigenvalue weighted by molar-refractivity contribution is 0.409. The van der Waals surface area contributed by atoms with Crippen LogP contribution in [-0.4, -0.2) is 19.6 Å². The van der Waals surface area contributed by atoms with Crippen LogP contribution in [0.2, 0.25) is 0 Å². The number of rotatable bonds is 5. The van der Waals surface area contributed by atoms with Crippen molar-refractivity contribution in [2.45, 2.75) is 27.2 Å². The summed E-state index contributed by atoms with van der Waals surface area (Å²) in [4.78, 5) is 4.41. The smallest absolute Gasteiger partial charge is 0.193 e. The van der Waals surface area contributed by atoms with Gasteiger partial charge < -0.3 is 15.8 Å². The van der Waals surface area contributed by atoms with Crippen molar-refractivity contribution in [3.63, 3.8) is 0 Å². The van der Waals surface area contributed by atoms with Gasteiger partial charge in [-0.15, -0.1) is 24.0 Å². The maximum absolute atomic E-state index is 5.98. The van der Waals surface area contributed by atoms with Gasteiger partial charge in [0.05, 0.1) is 7.11 Å². The number of ether oxygens (including phenoxy) is 1. The maximum Gasteiger partial charge on any atom is 0.193 e. The first kappa shape index (κ1) is 20.3. The lowest BCUT2D eigenvalue weighted by Gasteiger charge is -2.10. The predicted molar refractivity (Wildman–Crippen MR) is 113 cm³/mol. The fourth-order valence-electron chi connectivity index (χ4n) is 2.63. The Morgan fingerprint density at radius 3 is 2.33 bits per heavy atom. The third-order valence-corrected chi connectivity index (χ3v) is 3.59. The molecule has 130 valence electrons. The fourth-order valence-corrected chi connectivity index (χ4v) is 2.63. The molecule has 0 saturated heterocycles. The highest BCUT2D eigenvalue weighted by Gasteiger charge is 2.03. The summed E-state index contributed by atoms with van der Waals surface area (Å²) in [5.41, 5.74) is 11.7. The van der Waals surface area contributed by atoms with Crippen LogP contribution in [-0.2, 0) is 6.42 Å². The van der Waals surface area contributed by atoms with Crippen LogP contribution in [0.3, 0.4) is 0 Å². The van der Waals surface area contributed by atoms with Crippen molar-refractivity contribution in [2.75, 3.05) is 19.0 Å². The Morgan fingerprint density at radius 1 is 1.04 bits per heavy atom. The summed E-state index contributed by atoms with van der Waals surface area (Å²) in [7, 11) is 1.69. The van der Waals surface area contributed by atoms with Gasteiger partial charge in [0.25, 0.3) is 0 Å². The molecule has 0 aliphatic rings. The van der Waals surface area contributed by atoms with Crippen LogP contribution in [0.5, 0.6) is 5.75 Å². The van der Waals surface area contributed by atoms with Crippen molar-refractivity contribution in [3.8, 4) is 5.75 Å². The van der Waals surface area contributed by atoms with Gasteiger partial charge >= 0.3 is 0 Å². The van der Waals surface area contributed by atoms with Crippen molar-refractivity contribution >= 4 is 35.6 Å².